The molecule has 0 amide bonds. The Bertz CT molecular complexity index is 364. The van der Waals surface area contributed by atoms with Crippen LogP contribution in [-0.2, 0) is 0 Å². The number of aromatic nitrogens is 2. The first-order valence-electron chi connectivity index (χ1n) is 6.01. The molecule has 0 saturated carbocycles. The van der Waals surface area contributed by atoms with Crippen LogP contribution >= 0.6 is 0 Å². The SMILES string of the molecule is CCC1CCN(c2nc(NC)ncc2C)C1. The molecule has 2 heterocycles. The van der Waals surface area contributed by atoms with Gasteiger partial charge in [-0.1, -0.05) is 13.3 Å². The first kappa shape index (κ1) is 11.2. The topological polar surface area (TPSA) is 41.1 Å². The van der Waals surface area contributed by atoms with Crippen molar-refractivity contribution < 1.29 is 0 Å². The molecule has 1 atom stereocenters. The standard InChI is InChI=1S/C12H20N4/c1-4-10-5-6-16(8-10)11-9(2)7-14-12(13-3)15-11/h7,10H,4-6,8H2,1-3H3,(H,13,14,15). The van der Waals surface area contributed by atoms with Crippen molar-refractivity contribution >= 4 is 11.8 Å². The van der Waals surface area contributed by atoms with E-state index in [1.807, 2.05) is 13.2 Å². The van der Waals surface area contributed by atoms with Crippen LogP contribution in [0, 0.1) is 12.8 Å². The molecule has 0 spiro atoms. The third-order valence-corrected chi connectivity index (χ3v) is 3.33. The van der Waals surface area contributed by atoms with Gasteiger partial charge in [0.15, 0.2) is 0 Å². The molecule has 1 aliphatic rings. The lowest BCUT2D eigenvalue weighted by atomic mass is 10.1. The third-order valence-electron chi connectivity index (χ3n) is 3.33. The van der Waals surface area contributed by atoms with Gasteiger partial charge in [0.05, 0.1) is 0 Å². The van der Waals surface area contributed by atoms with Crippen LogP contribution in [0.15, 0.2) is 6.20 Å². The van der Waals surface area contributed by atoms with Crippen LogP contribution in [0.4, 0.5) is 11.8 Å². The molecule has 0 aliphatic carbocycles. The molecule has 1 aromatic heterocycles. The lowest BCUT2D eigenvalue weighted by Gasteiger charge is -2.19. The van der Waals surface area contributed by atoms with Gasteiger partial charge in [-0.25, -0.2) is 4.98 Å². The predicted molar refractivity (Wildman–Crippen MR) is 66.9 cm³/mol. The molecular weight excluding hydrogens is 200 g/mol. The summed E-state index contributed by atoms with van der Waals surface area (Å²) in [7, 11) is 1.85. The fourth-order valence-corrected chi connectivity index (χ4v) is 2.23. The summed E-state index contributed by atoms with van der Waals surface area (Å²) in [5.41, 5.74) is 1.16. The highest BCUT2D eigenvalue weighted by molar-refractivity contribution is 5.49. The molecule has 4 nitrogen and oxygen atoms in total. The monoisotopic (exact) mass is 220 g/mol. The van der Waals surface area contributed by atoms with E-state index in [1.165, 1.54) is 12.8 Å². The third kappa shape index (κ3) is 2.10. The molecule has 1 fully saturated rings. The van der Waals surface area contributed by atoms with Crippen molar-refractivity contribution in [1.82, 2.24) is 9.97 Å². The van der Waals surface area contributed by atoms with Gasteiger partial charge >= 0.3 is 0 Å². The Morgan fingerprint density at radius 1 is 1.56 bits per heavy atom. The molecule has 1 saturated heterocycles. The first-order valence-corrected chi connectivity index (χ1v) is 6.01. The Balaban J connectivity index is 2.20. The number of nitrogens with zero attached hydrogens (tertiary/aromatic N) is 3. The number of rotatable bonds is 3. The molecule has 4 heteroatoms. The van der Waals surface area contributed by atoms with Gasteiger partial charge in [-0.15, -0.1) is 0 Å². The van der Waals surface area contributed by atoms with Gasteiger partial charge in [0, 0.05) is 31.9 Å². The average molecular weight is 220 g/mol. The number of nitrogens with one attached hydrogen (secondary N) is 1. The zero-order chi connectivity index (χ0) is 11.5. The van der Waals surface area contributed by atoms with E-state index in [0.29, 0.717) is 5.95 Å². The summed E-state index contributed by atoms with van der Waals surface area (Å²) in [4.78, 5) is 11.1. The highest BCUT2D eigenvalue weighted by Crippen LogP contribution is 2.26. The minimum absolute atomic E-state index is 0.709. The second kappa shape index (κ2) is 4.68. The summed E-state index contributed by atoms with van der Waals surface area (Å²) >= 11 is 0. The molecule has 1 N–H and O–H groups in total. The lowest BCUT2D eigenvalue weighted by Crippen LogP contribution is -2.22. The number of hydrogen-bond acceptors (Lipinski definition) is 4. The minimum Gasteiger partial charge on any atom is -0.357 e. The summed E-state index contributed by atoms with van der Waals surface area (Å²) in [6, 6.07) is 0. The van der Waals surface area contributed by atoms with Crippen molar-refractivity contribution in [2.24, 2.45) is 5.92 Å². The normalized spacial score (nSPS) is 20.2. The van der Waals surface area contributed by atoms with Gasteiger partial charge in [-0.3, -0.25) is 0 Å². The van der Waals surface area contributed by atoms with E-state index >= 15 is 0 Å². The van der Waals surface area contributed by atoms with Gasteiger partial charge in [0.2, 0.25) is 5.95 Å². The Hall–Kier alpha value is -1.32. The Morgan fingerprint density at radius 3 is 3.00 bits per heavy atom. The Kier molecular flexibility index (Phi) is 3.27. The van der Waals surface area contributed by atoms with E-state index in [4.69, 9.17) is 0 Å². The molecule has 0 radical (unpaired) electrons. The van der Waals surface area contributed by atoms with Crippen LogP contribution in [0.25, 0.3) is 0 Å². The molecule has 2 rings (SSSR count). The van der Waals surface area contributed by atoms with E-state index in [9.17, 15) is 0 Å². The maximum atomic E-state index is 4.55. The van der Waals surface area contributed by atoms with Crippen molar-refractivity contribution in [3.05, 3.63) is 11.8 Å². The van der Waals surface area contributed by atoms with E-state index < -0.39 is 0 Å². The first-order chi connectivity index (χ1) is 7.74. The van der Waals surface area contributed by atoms with Crippen molar-refractivity contribution in [3.63, 3.8) is 0 Å². The number of hydrogen-bond donors (Lipinski definition) is 1. The van der Waals surface area contributed by atoms with E-state index in [0.717, 1.165) is 30.4 Å². The maximum absolute atomic E-state index is 4.55. The molecule has 1 aromatic rings. The fourth-order valence-electron chi connectivity index (χ4n) is 2.23. The zero-order valence-corrected chi connectivity index (χ0v) is 10.3. The van der Waals surface area contributed by atoms with Gasteiger partial charge in [0.25, 0.3) is 0 Å². The summed E-state index contributed by atoms with van der Waals surface area (Å²) in [6.07, 6.45) is 4.45. The molecule has 1 aliphatic heterocycles. The van der Waals surface area contributed by atoms with Crippen LogP contribution in [0.1, 0.15) is 25.3 Å². The quantitative estimate of drug-likeness (QED) is 0.846. The van der Waals surface area contributed by atoms with E-state index in [2.05, 4.69) is 34.0 Å². The Labute approximate surface area is 97.1 Å². The van der Waals surface area contributed by atoms with Crippen molar-refractivity contribution in [2.45, 2.75) is 26.7 Å². The van der Waals surface area contributed by atoms with E-state index in [1.54, 1.807) is 0 Å². The summed E-state index contributed by atoms with van der Waals surface area (Å²) < 4.78 is 0. The molecule has 0 bridgehead atoms. The zero-order valence-electron chi connectivity index (χ0n) is 10.3. The predicted octanol–water partition coefficient (Wildman–Crippen LogP) is 2.06. The highest BCUT2D eigenvalue weighted by Gasteiger charge is 2.23. The van der Waals surface area contributed by atoms with Crippen LogP contribution in [0.2, 0.25) is 0 Å². The number of aryl methyl sites for hydroxylation is 1. The summed E-state index contributed by atoms with van der Waals surface area (Å²) in [5, 5.41) is 2.99. The molecular formula is C12H20N4. The molecule has 0 aromatic carbocycles. The fraction of sp³-hybridized carbons (Fsp3) is 0.667. The van der Waals surface area contributed by atoms with Crippen LogP contribution in [0.5, 0.6) is 0 Å². The van der Waals surface area contributed by atoms with Gasteiger partial charge in [-0.2, -0.15) is 4.98 Å². The number of anilines is 2. The van der Waals surface area contributed by atoms with Crippen LogP contribution in [0.3, 0.4) is 0 Å². The summed E-state index contributed by atoms with van der Waals surface area (Å²) in [5.74, 6) is 2.63. The maximum Gasteiger partial charge on any atom is 0.224 e. The molecule has 88 valence electrons. The van der Waals surface area contributed by atoms with Crippen LogP contribution in [-0.4, -0.2) is 30.1 Å². The summed E-state index contributed by atoms with van der Waals surface area (Å²) in [6.45, 7) is 6.60. The highest BCUT2D eigenvalue weighted by atomic mass is 15.2. The van der Waals surface area contributed by atoms with Crippen molar-refractivity contribution in [3.8, 4) is 0 Å². The second-order valence-corrected chi connectivity index (χ2v) is 4.46. The van der Waals surface area contributed by atoms with Gasteiger partial charge in [-0.05, 0) is 19.3 Å². The molecule has 1 unspecified atom stereocenters. The van der Waals surface area contributed by atoms with Crippen LogP contribution < -0.4 is 10.2 Å². The van der Waals surface area contributed by atoms with Crippen molar-refractivity contribution in [1.29, 1.82) is 0 Å². The second-order valence-electron chi connectivity index (χ2n) is 4.46. The Morgan fingerprint density at radius 2 is 2.38 bits per heavy atom. The largest absolute Gasteiger partial charge is 0.357 e. The van der Waals surface area contributed by atoms with Gasteiger partial charge < -0.3 is 10.2 Å². The average Bonchev–Trinajstić information content (AvgIpc) is 2.78. The smallest absolute Gasteiger partial charge is 0.224 e. The molecule has 16 heavy (non-hydrogen) atoms. The minimum atomic E-state index is 0.709. The lowest BCUT2D eigenvalue weighted by molar-refractivity contribution is 0.568. The van der Waals surface area contributed by atoms with E-state index in [-0.39, 0.29) is 0 Å². The van der Waals surface area contributed by atoms with Crippen molar-refractivity contribution in [2.75, 3.05) is 30.4 Å². The van der Waals surface area contributed by atoms with Gasteiger partial charge in [0.1, 0.15) is 5.82 Å².